The number of nitrogens with zero attached hydrogens (tertiary/aromatic N) is 2. The number of esters is 14. The van der Waals surface area contributed by atoms with Crippen LogP contribution in [-0.4, -0.2) is 266 Å². The van der Waals surface area contributed by atoms with Crippen molar-refractivity contribution < 1.29 is 200 Å². The Labute approximate surface area is 833 Å². The van der Waals surface area contributed by atoms with Crippen LogP contribution in [-0.2, 0) is 199 Å². The highest BCUT2D eigenvalue weighted by Crippen LogP contribution is 2.29. The minimum Gasteiger partial charge on any atom is -0.478 e. The fourth-order valence-corrected chi connectivity index (χ4v) is 12.8. The topological polar surface area (TPSA) is 630 Å². The van der Waals surface area contributed by atoms with E-state index in [-0.39, 0.29) is 129 Å². The van der Waals surface area contributed by atoms with Gasteiger partial charge in [-0.05, 0) is 31.9 Å². The van der Waals surface area contributed by atoms with Crippen molar-refractivity contribution in [1.29, 1.82) is 0 Å². The quantitative estimate of drug-likeness (QED) is 0.0177. The van der Waals surface area contributed by atoms with Gasteiger partial charge < -0.3 is 89.9 Å². The molecule has 782 valence electrons. The first-order valence-electron chi connectivity index (χ1n) is 44.5. The summed E-state index contributed by atoms with van der Waals surface area (Å²) in [5.41, 5.74) is 5.75. The van der Waals surface area contributed by atoms with Gasteiger partial charge in [-0.3, -0.25) is 58.2 Å². The number of hydrogen-bond donors (Lipinski definition) is 2. The van der Waals surface area contributed by atoms with Crippen LogP contribution < -0.4 is 11.1 Å². The number of Topliss-reactive ketones (excluding diaryl/α,β-unsaturated/α-hetero) is 6. The van der Waals surface area contributed by atoms with Gasteiger partial charge in [-0.1, -0.05) is 124 Å². The summed E-state index contributed by atoms with van der Waals surface area (Å²) in [6.07, 6.45) is 10.1. The number of likely N-dealkylation sites (N-methyl/N-ethyl adjacent to an activating group) is 1. The lowest BCUT2D eigenvalue weighted by molar-refractivity contribution is -0.167. The van der Waals surface area contributed by atoms with Gasteiger partial charge in [0.25, 0.3) is 11.8 Å². The number of carbonyl (C=O) groups is 24. The second-order valence-corrected chi connectivity index (χ2v) is 32.6. The smallest absolute Gasteiger partial charge is 0.478 e. The van der Waals surface area contributed by atoms with Gasteiger partial charge in [-0.15, -0.1) is 0 Å². The molecule has 6 aliphatic carbocycles. The maximum Gasteiger partial charge on any atom is 0.519 e. The van der Waals surface area contributed by atoms with Crippen molar-refractivity contribution in [1.82, 2.24) is 15.1 Å². The molecule has 4 heterocycles. The van der Waals surface area contributed by atoms with Crippen LogP contribution in [0.25, 0.3) is 0 Å². The van der Waals surface area contributed by atoms with Gasteiger partial charge in [0.05, 0.1) is 39.3 Å². The number of carboxylic acids is 1. The molecule has 11 rings (SSSR count). The van der Waals surface area contributed by atoms with Crippen molar-refractivity contribution in [2.45, 2.75) is 186 Å². The zero-order valence-corrected chi connectivity index (χ0v) is 80.3. The number of unbranched alkanes of at least 4 members (excludes halogenated alkanes) is 1. The monoisotopic (exact) mass is 2040 g/mol. The molecule has 8 atom stereocenters. The first kappa shape index (κ1) is 120. The first-order valence-corrected chi connectivity index (χ1v) is 44.5. The standard InChI is InChI=1S/C18H25NO6.C17H16O5.C15H14O8.C15H18O7.C14H13NO7.C11H13NO5.C10H10O5/c1-14-12-15(20)16(13-14)25-18(22)5-4-17(21)24-9-3-2-6-19-7-10-23-11-8-19;1-12-9-14(18)15(10-12)22-17(20)8-7-16(19)21-11-13-5-3-2-4-6-13;1-8-5-10(16)11(6-8)22-14(18)4-3-13(17)20-7-12-9(2)21-15(19)23-12;1-9(2)15(19)21-8-20-13(17)4-5-14(18)22-12-7-10(3)6-11(12)16;1-7-4-8(16)9(5-7)21-12(18)2-3-13(19)22-10-6-11(17)15-14(10)20;1-7-6-8(11(15)12(7)2)17-10(14)5-4-9(13)16-3;1-6-4-7(11)8(5-6)15-10(14)3-2-9(12)13/h4-5,16H,1-3,6-13H2;2-8,15H,1,9-11H2;3-4,11H,1,5-7H2,2H3;4-5,9,12H,3,6-8H2,1-2H3;2-3,9-10H,1,4-6H2,(H,15,17,20);4-5,8H,1,6H2,2-3H3;2-3,8H,1,4-5H2,(H,12,13)/b5-4+;8-7+;4-3+;5-4+;3-2+;5-4+;3-2+. The van der Waals surface area contributed by atoms with Crippen molar-refractivity contribution in [3.63, 3.8) is 0 Å². The summed E-state index contributed by atoms with van der Waals surface area (Å²) >= 11 is 0. The van der Waals surface area contributed by atoms with Gasteiger partial charge in [0.15, 0.2) is 102 Å². The molecule has 46 heteroatoms. The van der Waals surface area contributed by atoms with E-state index in [9.17, 15) is 120 Å². The van der Waals surface area contributed by atoms with Crippen LogP contribution in [0, 0.1) is 12.8 Å². The number of aliphatic carboxylic acids is 1. The molecule has 9 fully saturated rings. The third-order valence-corrected chi connectivity index (χ3v) is 20.2. The van der Waals surface area contributed by atoms with E-state index >= 15 is 0 Å². The highest BCUT2D eigenvalue weighted by atomic mass is 16.7. The fraction of sp³-hybridized carbons (Fsp3) is 0.390. The van der Waals surface area contributed by atoms with Crippen LogP contribution in [0.1, 0.15) is 134 Å². The van der Waals surface area contributed by atoms with E-state index in [2.05, 4.69) is 74.0 Å². The lowest BCUT2D eigenvalue weighted by Gasteiger charge is -2.26. The lowest BCUT2D eigenvalue weighted by Crippen LogP contribution is -2.36. The summed E-state index contributed by atoms with van der Waals surface area (Å²) in [6, 6.07) is 9.18. The number of benzene rings is 1. The number of aryl methyl sites for hydroxylation is 1. The molecule has 0 radical (unpaired) electrons. The van der Waals surface area contributed by atoms with Crippen LogP contribution >= 0.6 is 0 Å². The van der Waals surface area contributed by atoms with E-state index in [0.29, 0.717) is 67.2 Å². The Morgan fingerprint density at radius 3 is 1.05 bits per heavy atom. The highest BCUT2D eigenvalue weighted by molar-refractivity contribution is 6.07. The molecular formula is C100H109N3O43. The summed E-state index contributed by atoms with van der Waals surface area (Å²) in [5, 5.41) is 10.2. The molecule has 6 saturated carbocycles. The number of ether oxygens (including phenoxy) is 15. The molecule has 2 aromatic rings. The number of carbonyl (C=O) groups excluding carboxylic acids is 23. The summed E-state index contributed by atoms with van der Waals surface area (Å²) in [6.45, 7) is 34.3. The van der Waals surface area contributed by atoms with E-state index < -0.39 is 163 Å². The molecule has 2 N–H and O–H groups in total. The molecule has 0 bridgehead atoms. The minimum absolute atomic E-state index is 0.0781. The van der Waals surface area contributed by atoms with Crippen LogP contribution in [0.15, 0.2) is 214 Å². The number of ketones is 6. The molecule has 9 aliphatic rings. The zero-order valence-electron chi connectivity index (χ0n) is 80.3. The largest absolute Gasteiger partial charge is 0.519 e. The van der Waals surface area contributed by atoms with Gasteiger partial charge in [0.1, 0.15) is 6.61 Å². The number of hydrogen-bond acceptors (Lipinski definition) is 43. The van der Waals surface area contributed by atoms with Crippen LogP contribution in [0.3, 0.4) is 0 Å². The molecule has 3 aliphatic heterocycles. The van der Waals surface area contributed by atoms with E-state index in [4.69, 9.17) is 61.9 Å². The normalized spacial score (nSPS) is 20.1. The van der Waals surface area contributed by atoms with Gasteiger partial charge >= 0.3 is 95.4 Å². The molecule has 146 heavy (non-hydrogen) atoms. The maximum atomic E-state index is 11.6. The molecule has 1 aromatic carbocycles. The average Bonchev–Trinajstić information content (AvgIpc) is 1.64. The minimum atomic E-state index is -1.24. The van der Waals surface area contributed by atoms with E-state index in [0.717, 1.165) is 147 Å². The predicted molar refractivity (Wildman–Crippen MR) is 495 cm³/mol. The average molecular weight is 2040 g/mol. The number of rotatable bonds is 34. The second-order valence-electron chi connectivity index (χ2n) is 32.6. The maximum absolute atomic E-state index is 11.6. The number of carboxylic acid groups (broad SMARTS) is 1. The molecule has 8 unspecified atom stereocenters. The van der Waals surface area contributed by atoms with E-state index in [1.54, 1.807) is 20.9 Å². The summed E-state index contributed by atoms with van der Waals surface area (Å²) in [5.74, 6) is -15.6. The Morgan fingerprint density at radius 1 is 0.404 bits per heavy atom. The Kier molecular flexibility index (Phi) is 50.7. The Balaban J connectivity index is 0.000000301. The van der Waals surface area contributed by atoms with Crippen LogP contribution in [0.5, 0.6) is 0 Å². The predicted octanol–water partition coefficient (Wildman–Crippen LogP) is 4.98. The first-order chi connectivity index (χ1) is 69.0. The van der Waals surface area contributed by atoms with Crippen LogP contribution in [0.4, 0.5) is 0 Å². The van der Waals surface area contributed by atoms with Crippen molar-refractivity contribution in [2.75, 3.05) is 60.4 Å². The third kappa shape index (κ3) is 46.7. The number of imide groups is 1. The highest BCUT2D eigenvalue weighted by Gasteiger charge is 2.39. The van der Waals surface area contributed by atoms with Gasteiger partial charge in [0, 0.05) is 194 Å². The van der Waals surface area contributed by atoms with Crippen molar-refractivity contribution in [2.24, 2.45) is 5.92 Å². The van der Waals surface area contributed by atoms with Gasteiger partial charge in [-0.2, -0.15) is 0 Å². The molecular weight excluding hydrogens is 1930 g/mol. The van der Waals surface area contributed by atoms with Crippen molar-refractivity contribution in [3.05, 3.63) is 228 Å². The van der Waals surface area contributed by atoms with Gasteiger partial charge in [0.2, 0.25) is 12.7 Å². The van der Waals surface area contributed by atoms with Crippen molar-refractivity contribution >= 4 is 142 Å². The number of amides is 3. The molecule has 1 aromatic heterocycles. The summed E-state index contributed by atoms with van der Waals surface area (Å²) < 4.78 is 81.7. The Morgan fingerprint density at radius 2 is 0.740 bits per heavy atom. The number of morpholine rings is 1. The van der Waals surface area contributed by atoms with Crippen molar-refractivity contribution in [3.8, 4) is 0 Å². The number of nitrogens with one attached hydrogen (secondary N) is 1. The number of likely N-dealkylation sites (tertiary alicyclic amines) is 1. The van der Waals surface area contributed by atoms with Gasteiger partial charge in [-0.25, -0.2) is 71.9 Å². The Hall–Kier alpha value is -16.8. The second kappa shape index (κ2) is 61.8. The Bertz CT molecular complexity index is 5600. The molecule has 3 amide bonds. The fourth-order valence-electron chi connectivity index (χ4n) is 12.8. The SMILES string of the molecule is C=C1CC(=O)C(OC(=O)/C=C/C(=O)O)C1.C=C1CC(=O)C(OC(=O)/C=C/C(=O)OC2CC(=O)NC2=O)C1.C=C1CC(=O)C(OC(=O)/C=C/C(=O)OCCCCN2CCOCC2)C1.C=C1CC(=O)C(OC(=O)/C=C/C(=O)OCOC(=O)C(C)C)C1.C=C1CC(=O)C(OC(=O)/C=C/C(=O)OCc2ccccc2)C1.C=C1CC(=O)C(OC(=O)/C=C/C(=O)OCc2oc(=O)oc2C)C1.C=C1CC(OC(=O)/C=C/C(=O)OC)C(=O)N1C. The zero-order chi connectivity index (χ0) is 108. The van der Waals surface area contributed by atoms with E-state index in [1.807, 2.05) is 35.6 Å². The molecule has 46 nitrogen and oxygen atoms in total. The summed E-state index contributed by atoms with van der Waals surface area (Å²) in [4.78, 5) is 285. The lowest BCUT2D eigenvalue weighted by atomic mass is 10.2. The molecule has 0 spiro atoms. The van der Waals surface area contributed by atoms with Crippen LogP contribution in [0.2, 0.25) is 0 Å². The van der Waals surface area contributed by atoms with E-state index in [1.165, 1.54) is 18.9 Å². The summed E-state index contributed by atoms with van der Waals surface area (Å²) in [7, 11) is 2.75. The number of methoxy groups -OCH3 is 1. The third-order valence-electron chi connectivity index (χ3n) is 20.2. The molecule has 3 saturated heterocycles.